The van der Waals surface area contributed by atoms with Gasteiger partial charge >= 0.3 is 0 Å². The van der Waals surface area contributed by atoms with E-state index in [-0.39, 0.29) is 5.54 Å². The normalized spacial score (nSPS) is 28.5. The Labute approximate surface area is 74.9 Å². The van der Waals surface area contributed by atoms with Gasteiger partial charge in [0.1, 0.15) is 0 Å². The van der Waals surface area contributed by atoms with Gasteiger partial charge in [-0.15, -0.1) is 0 Å². The van der Waals surface area contributed by atoms with Crippen LogP contribution in [0, 0.1) is 5.41 Å². The monoisotopic (exact) mass is 168 g/mol. The topological polar surface area (TPSA) is 38.0 Å². The lowest BCUT2D eigenvalue weighted by atomic mass is 10.0. The molecule has 3 N–H and O–H groups in total. The van der Waals surface area contributed by atoms with E-state index in [0.717, 1.165) is 6.54 Å². The van der Waals surface area contributed by atoms with Crippen molar-refractivity contribution in [3.05, 3.63) is 0 Å². The van der Waals surface area contributed by atoms with Crippen LogP contribution in [0.3, 0.4) is 0 Å². The second-order valence-corrected chi connectivity index (χ2v) is 4.82. The van der Waals surface area contributed by atoms with E-state index < -0.39 is 0 Å². The second kappa shape index (κ2) is 2.71. The van der Waals surface area contributed by atoms with E-state index in [1.54, 1.807) is 0 Å². The third-order valence-electron chi connectivity index (χ3n) is 3.58. The van der Waals surface area contributed by atoms with Crippen LogP contribution in [0.4, 0.5) is 0 Å². The first-order valence-electron chi connectivity index (χ1n) is 5.18. The maximum Gasteiger partial charge on any atom is 0.0282 e. The minimum absolute atomic E-state index is 0.184. The van der Waals surface area contributed by atoms with Crippen molar-refractivity contribution in [2.24, 2.45) is 11.1 Å². The molecule has 2 nitrogen and oxygen atoms in total. The van der Waals surface area contributed by atoms with Crippen molar-refractivity contribution in [2.75, 3.05) is 13.1 Å². The Kier molecular flexibility index (Phi) is 1.92. The van der Waals surface area contributed by atoms with Gasteiger partial charge in [0.15, 0.2) is 0 Å². The molecule has 2 fully saturated rings. The van der Waals surface area contributed by atoms with Crippen molar-refractivity contribution < 1.29 is 0 Å². The number of hydrogen-bond acceptors (Lipinski definition) is 2. The first-order chi connectivity index (χ1) is 5.68. The molecular formula is C10H20N2. The van der Waals surface area contributed by atoms with Gasteiger partial charge in [-0.25, -0.2) is 0 Å². The van der Waals surface area contributed by atoms with Crippen LogP contribution < -0.4 is 11.1 Å². The summed E-state index contributed by atoms with van der Waals surface area (Å²) in [5.41, 5.74) is 6.83. The Bertz CT molecular complexity index is 169. The van der Waals surface area contributed by atoms with Crippen LogP contribution in [-0.2, 0) is 0 Å². The molecule has 0 atom stereocenters. The molecule has 0 amide bonds. The summed E-state index contributed by atoms with van der Waals surface area (Å²) >= 11 is 0. The summed E-state index contributed by atoms with van der Waals surface area (Å²) in [6, 6.07) is 0. The quantitative estimate of drug-likeness (QED) is 0.648. The van der Waals surface area contributed by atoms with E-state index in [1.165, 1.54) is 38.6 Å². The second-order valence-electron chi connectivity index (χ2n) is 4.82. The van der Waals surface area contributed by atoms with E-state index in [1.807, 2.05) is 0 Å². The van der Waals surface area contributed by atoms with Crippen molar-refractivity contribution in [3.8, 4) is 0 Å². The Morgan fingerprint density at radius 3 is 2.25 bits per heavy atom. The van der Waals surface area contributed by atoms with Gasteiger partial charge in [-0.1, -0.05) is 6.92 Å². The van der Waals surface area contributed by atoms with Gasteiger partial charge in [-0.3, -0.25) is 0 Å². The fraction of sp³-hybridized carbons (Fsp3) is 1.00. The molecule has 2 rings (SSSR count). The zero-order valence-electron chi connectivity index (χ0n) is 8.03. The van der Waals surface area contributed by atoms with Gasteiger partial charge in [0.05, 0.1) is 0 Å². The summed E-state index contributed by atoms with van der Waals surface area (Å²) in [6.45, 7) is 4.53. The predicted octanol–water partition coefficient (Wildman–Crippen LogP) is 1.26. The molecule has 0 unspecified atom stereocenters. The van der Waals surface area contributed by atoms with Crippen molar-refractivity contribution in [1.82, 2.24) is 5.32 Å². The molecule has 0 heterocycles. The molecule has 2 aliphatic carbocycles. The Hall–Kier alpha value is -0.0800. The molecule has 0 saturated heterocycles. The zero-order chi connectivity index (χ0) is 8.66. The van der Waals surface area contributed by atoms with Crippen molar-refractivity contribution in [2.45, 2.75) is 44.6 Å². The highest BCUT2D eigenvalue weighted by Crippen LogP contribution is 2.48. The van der Waals surface area contributed by atoms with Crippen LogP contribution in [-0.4, -0.2) is 18.6 Å². The van der Waals surface area contributed by atoms with E-state index in [0.29, 0.717) is 5.41 Å². The molecule has 0 aromatic rings. The summed E-state index contributed by atoms with van der Waals surface area (Å²) in [5, 5.41) is 3.52. The molecule has 0 aliphatic heterocycles. The molecule has 0 radical (unpaired) electrons. The standard InChI is InChI=1S/C10H20N2/c1-2-9(3-4-9)7-12-8-10(11)5-6-10/h12H,2-8,11H2,1H3. The molecule has 0 bridgehead atoms. The maximum absolute atomic E-state index is 5.98. The fourth-order valence-electron chi connectivity index (χ4n) is 1.75. The fourth-order valence-corrected chi connectivity index (χ4v) is 1.75. The zero-order valence-corrected chi connectivity index (χ0v) is 8.03. The maximum atomic E-state index is 5.98. The third-order valence-corrected chi connectivity index (χ3v) is 3.58. The van der Waals surface area contributed by atoms with Crippen LogP contribution >= 0.6 is 0 Å². The Balaban J connectivity index is 1.62. The molecule has 0 aromatic carbocycles. The number of nitrogens with one attached hydrogen (secondary N) is 1. The van der Waals surface area contributed by atoms with Gasteiger partial charge in [0, 0.05) is 18.6 Å². The smallest absolute Gasteiger partial charge is 0.0282 e. The van der Waals surface area contributed by atoms with E-state index in [9.17, 15) is 0 Å². The largest absolute Gasteiger partial charge is 0.324 e. The summed E-state index contributed by atoms with van der Waals surface area (Å²) < 4.78 is 0. The van der Waals surface area contributed by atoms with Crippen molar-refractivity contribution in [3.63, 3.8) is 0 Å². The number of hydrogen-bond donors (Lipinski definition) is 2. The lowest BCUT2D eigenvalue weighted by molar-refractivity contribution is 0.427. The SMILES string of the molecule is CCC1(CNCC2(N)CC2)CC1. The Morgan fingerprint density at radius 2 is 1.83 bits per heavy atom. The van der Waals surface area contributed by atoms with Gasteiger partial charge < -0.3 is 11.1 Å². The van der Waals surface area contributed by atoms with Crippen LogP contribution in [0.1, 0.15) is 39.0 Å². The minimum atomic E-state index is 0.184. The van der Waals surface area contributed by atoms with Gasteiger partial charge in [0.2, 0.25) is 0 Å². The first kappa shape index (κ1) is 8.52. The van der Waals surface area contributed by atoms with E-state index >= 15 is 0 Å². The minimum Gasteiger partial charge on any atom is -0.324 e. The van der Waals surface area contributed by atoms with Crippen LogP contribution in [0.2, 0.25) is 0 Å². The molecule has 0 spiro atoms. The average Bonchev–Trinajstić information content (AvgIpc) is 2.92. The van der Waals surface area contributed by atoms with Crippen LogP contribution in [0.5, 0.6) is 0 Å². The average molecular weight is 168 g/mol. The summed E-state index contributed by atoms with van der Waals surface area (Å²) in [4.78, 5) is 0. The van der Waals surface area contributed by atoms with Gasteiger partial charge in [-0.2, -0.15) is 0 Å². The summed E-state index contributed by atoms with van der Waals surface area (Å²) in [7, 11) is 0. The van der Waals surface area contributed by atoms with E-state index in [2.05, 4.69) is 12.2 Å². The molecule has 2 saturated carbocycles. The molecular weight excluding hydrogens is 148 g/mol. The van der Waals surface area contributed by atoms with Gasteiger partial charge in [-0.05, 0) is 37.5 Å². The van der Waals surface area contributed by atoms with Crippen molar-refractivity contribution in [1.29, 1.82) is 0 Å². The lowest BCUT2D eigenvalue weighted by Gasteiger charge is -2.15. The molecule has 70 valence electrons. The van der Waals surface area contributed by atoms with Gasteiger partial charge in [0.25, 0.3) is 0 Å². The van der Waals surface area contributed by atoms with Crippen LogP contribution in [0.15, 0.2) is 0 Å². The number of rotatable bonds is 5. The van der Waals surface area contributed by atoms with Crippen LogP contribution in [0.25, 0.3) is 0 Å². The highest BCUT2D eigenvalue weighted by molar-refractivity contribution is 5.02. The lowest BCUT2D eigenvalue weighted by Crippen LogP contribution is -2.38. The highest BCUT2D eigenvalue weighted by Gasteiger charge is 2.42. The number of nitrogens with two attached hydrogens (primary N) is 1. The highest BCUT2D eigenvalue weighted by atomic mass is 15.0. The molecule has 2 aliphatic rings. The molecule has 2 heteroatoms. The van der Waals surface area contributed by atoms with E-state index in [4.69, 9.17) is 5.73 Å². The Morgan fingerprint density at radius 1 is 1.17 bits per heavy atom. The summed E-state index contributed by atoms with van der Waals surface area (Å²) in [6.07, 6.45) is 6.62. The predicted molar refractivity (Wildman–Crippen MR) is 51.0 cm³/mol. The third kappa shape index (κ3) is 1.80. The summed E-state index contributed by atoms with van der Waals surface area (Å²) in [5.74, 6) is 0. The molecule has 0 aromatic heterocycles. The first-order valence-corrected chi connectivity index (χ1v) is 5.18. The van der Waals surface area contributed by atoms with Crippen molar-refractivity contribution >= 4 is 0 Å². The molecule has 12 heavy (non-hydrogen) atoms.